The number of halogens is 1. The highest BCUT2D eigenvalue weighted by Gasteiger charge is 2.53. The molecule has 0 bridgehead atoms. The standard InChI is InChI=1S/C9H8ClNO4S/c10-5-1-2-6(16-5)11-7(12)9(8(13)14)3-15-4-9/h1-2H,3-4H2,(H,11,12)(H,13,14). The van der Waals surface area contributed by atoms with Gasteiger partial charge in [0.15, 0.2) is 5.41 Å². The van der Waals surface area contributed by atoms with E-state index >= 15 is 0 Å². The summed E-state index contributed by atoms with van der Waals surface area (Å²) < 4.78 is 5.33. The van der Waals surface area contributed by atoms with E-state index in [0.717, 1.165) is 0 Å². The van der Waals surface area contributed by atoms with Gasteiger partial charge in [-0.15, -0.1) is 11.3 Å². The van der Waals surface area contributed by atoms with Crippen LogP contribution in [0.3, 0.4) is 0 Å². The van der Waals surface area contributed by atoms with Gasteiger partial charge in [-0.25, -0.2) is 0 Å². The Morgan fingerprint density at radius 1 is 1.50 bits per heavy atom. The maximum Gasteiger partial charge on any atom is 0.324 e. The Morgan fingerprint density at radius 3 is 2.56 bits per heavy atom. The molecule has 16 heavy (non-hydrogen) atoms. The lowest BCUT2D eigenvalue weighted by Gasteiger charge is -2.35. The highest BCUT2D eigenvalue weighted by Crippen LogP contribution is 2.32. The van der Waals surface area contributed by atoms with Crippen molar-refractivity contribution in [3.63, 3.8) is 0 Å². The van der Waals surface area contributed by atoms with Crippen molar-refractivity contribution >= 4 is 39.8 Å². The molecule has 1 saturated heterocycles. The molecule has 1 amide bonds. The first-order valence-corrected chi connectivity index (χ1v) is 5.62. The fourth-order valence-electron chi connectivity index (χ4n) is 1.27. The summed E-state index contributed by atoms with van der Waals surface area (Å²) >= 11 is 6.87. The van der Waals surface area contributed by atoms with Gasteiger partial charge in [0.05, 0.1) is 22.6 Å². The van der Waals surface area contributed by atoms with Gasteiger partial charge in [0, 0.05) is 0 Å². The van der Waals surface area contributed by atoms with Gasteiger partial charge in [-0.3, -0.25) is 9.59 Å². The van der Waals surface area contributed by atoms with Crippen molar-refractivity contribution in [3.05, 3.63) is 16.5 Å². The largest absolute Gasteiger partial charge is 0.480 e. The molecule has 2 rings (SSSR count). The maximum atomic E-state index is 11.8. The van der Waals surface area contributed by atoms with Crippen LogP contribution in [0.4, 0.5) is 5.00 Å². The molecule has 1 aliphatic heterocycles. The smallest absolute Gasteiger partial charge is 0.324 e. The molecule has 0 spiro atoms. The predicted molar refractivity (Wildman–Crippen MR) is 58.8 cm³/mol. The van der Waals surface area contributed by atoms with Gasteiger partial charge in [0.2, 0.25) is 5.91 Å². The Balaban J connectivity index is 2.10. The second-order valence-corrected chi connectivity index (χ2v) is 5.15. The second-order valence-electron chi connectivity index (χ2n) is 3.44. The second kappa shape index (κ2) is 4.04. The SMILES string of the molecule is O=C(O)C1(C(=O)Nc2ccc(Cl)s2)COC1. The summed E-state index contributed by atoms with van der Waals surface area (Å²) in [6.45, 7) is -0.180. The quantitative estimate of drug-likeness (QED) is 0.808. The van der Waals surface area contributed by atoms with Crippen LogP contribution in [0.15, 0.2) is 12.1 Å². The van der Waals surface area contributed by atoms with E-state index in [0.29, 0.717) is 9.34 Å². The van der Waals surface area contributed by atoms with Gasteiger partial charge in [-0.2, -0.15) is 0 Å². The summed E-state index contributed by atoms with van der Waals surface area (Å²) in [5.41, 5.74) is -1.45. The molecule has 0 aliphatic carbocycles. The minimum atomic E-state index is -1.45. The minimum absolute atomic E-state index is 0.0900. The number of hydrogen-bond acceptors (Lipinski definition) is 4. The third kappa shape index (κ3) is 1.79. The summed E-state index contributed by atoms with van der Waals surface area (Å²) in [6.07, 6.45) is 0. The van der Waals surface area contributed by atoms with Crippen LogP contribution in [0.5, 0.6) is 0 Å². The van der Waals surface area contributed by atoms with E-state index in [2.05, 4.69) is 5.32 Å². The van der Waals surface area contributed by atoms with E-state index in [1.165, 1.54) is 11.3 Å². The summed E-state index contributed by atoms with van der Waals surface area (Å²) in [5.74, 6) is -1.73. The van der Waals surface area contributed by atoms with Gasteiger partial charge in [-0.05, 0) is 12.1 Å². The average Bonchev–Trinajstić information content (AvgIpc) is 2.47. The molecule has 0 unspecified atom stereocenters. The van der Waals surface area contributed by atoms with Crippen LogP contribution in [0, 0.1) is 5.41 Å². The third-order valence-electron chi connectivity index (χ3n) is 2.35. The van der Waals surface area contributed by atoms with E-state index in [-0.39, 0.29) is 13.2 Å². The molecule has 1 aromatic rings. The van der Waals surface area contributed by atoms with Crippen molar-refractivity contribution < 1.29 is 19.4 Å². The summed E-state index contributed by atoms with van der Waals surface area (Å²) in [6, 6.07) is 3.26. The molecule has 2 heterocycles. The monoisotopic (exact) mass is 261 g/mol. The van der Waals surface area contributed by atoms with Crippen molar-refractivity contribution in [2.24, 2.45) is 5.41 Å². The van der Waals surface area contributed by atoms with Crippen molar-refractivity contribution in [3.8, 4) is 0 Å². The number of anilines is 1. The van der Waals surface area contributed by atoms with Gasteiger partial charge in [0.1, 0.15) is 0 Å². The van der Waals surface area contributed by atoms with Crippen molar-refractivity contribution in [2.45, 2.75) is 0 Å². The van der Waals surface area contributed by atoms with Crippen LogP contribution in [-0.2, 0) is 14.3 Å². The number of thiophene rings is 1. The van der Waals surface area contributed by atoms with Crippen LogP contribution in [0.2, 0.25) is 4.34 Å². The molecule has 5 nitrogen and oxygen atoms in total. The van der Waals surface area contributed by atoms with Crippen LogP contribution in [0.1, 0.15) is 0 Å². The first-order valence-electron chi connectivity index (χ1n) is 4.42. The lowest BCUT2D eigenvalue weighted by atomic mass is 9.85. The molecular formula is C9H8ClNO4S. The molecule has 0 saturated carbocycles. The molecule has 0 radical (unpaired) electrons. The molecule has 1 aliphatic rings. The van der Waals surface area contributed by atoms with E-state index in [9.17, 15) is 9.59 Å². The highest BCUT2D eigenvalue weighted by atomic mass is 35.5. The third-order valence-corrected chi connectivity index (χ3v) is 3.50. The van der Waals surface area contributed by atoms with E-state index in [1.807, 2.05) is 0 Å². The highest BCUT2D eigenvalue weighted by molar-refractivity contribution is 7.20. The Kier molecular flexibility index (Phi) is 2.88. The van der Waals surface area contributed by atoms with E-state index < -0.39 is 17.3 Å². The fraction of sp³-hybridized carbons (Fsp3) is 0.333. The first-order chi connectivity index (χ1) is 7.54. The van der Waals surface area contributed by atoms with Gasteiger partial charge >= 0.3 is 5.97 Å². The zero-order valence-electron chi connectivity index (χ0n) is 8.03. The number of aliphatic carboxylic acids is 1. The number of hydrogen-bond donors (Lipinski definition) is 2. The molecule has 2 N–H and O–H groups in total. The zero-order chi connectivity index (χ0) is 11.8. The number of amides is 1. The minimum Gasteiger partial charge on any atom is -0.480 e. The molecule has 1 aromatic heterocycles. The predicted octanol–water partition coefficient (Wildman–Crippen LogP) is 1.44. The van der Waals surface area contributed by atoms with Crippen LogP contribution in [0.25, 0.3) is 0 Å². The molecule has 7 heteroatoms. The number of carboxylic acid groups (broad SMARTS) is 1. The van der Waals surface area contributed by atoms with Crippen molar-refractivity contribution in [2.75, 3.05) is 18.5 Å². The average molecular weight is 262 g/mol. The van der Waals surface area contributed by atoms with E-state index in [4.69, 9.17) is 21.4 Å². The first kappa shape index (κ1) is 11.4. The molecule has 0 aromatic carbocycles. The number of nitrogens with one attached hydrogen (secondary N) is 1. The topological polar surface area (TPSA) is 75.6 Å². The lowest BCUT2D eigenvalue weighted by Crippen LogP contribution is -2.57. The number of carbonyl (C=O) groups excluding carboxylic acids is 1. The number of ether oxygens (including phenoxy) is 1. The van der Waals surface area contributed by atoms with E-state index in [1.54, 1.807) is 12.1 Å². The maximum absolute atomic E-state index is 11.8. The molecule has 0 atom stereocenters. The summed E-state index contributed by atoms with van der Waals surface area (Å²) in [7, 11) is 0. The molecular weight excluding hydrogens is 254 g/mol. The fourth-order valence-corrected chi connectivity index (χ4v) is 2.21. The van der Waals surface area contributed by atoms with Gasteiger partial charge < -0.3 is 15.2 Å². The Bertz CT molecular complexity index is 440. The van der Waals surface area contributed by atoms with Crippen molar-refractivity contribution in [1.29, 1.82) is 0 Å². The Hall–Kier alpha value is -1.11. The molecule has 1 fully saturated rings. The van der Waals surface area contributed by atoms with Gasteiger partial charge in [-0.1, -0.05) is 11.6 Å². The number of carboxylic acids is 1. The van der Waals surface area contributed by atoms with Crippen molar-refractivity contribution in [1.82, 2.24) is 0 Å². The lowest BCUT2D eigenvalue weighted by molar-refractivity contribution is -0.182. The summed E-state index contributed by atoms with van der Waals surface area (Å²) in [5, 5.41) is 12.0. The van der Waals surface area contributed by atoms with Crippen LogP contribution < -0.4 is 5.32 Å². The zero-order valence-corrected chi connectivity index (χ0v) is 9.60. The Labute approximate surface area is 100.0 Å². The summed E-state index contributed by atoms with van der Waals surface area (Å²) in [4.78, 5) is 22.7. The normalized spacial score (nSPS) is 17.6. The molecule has 86 valence electrons. The van der Waals surface area contributed by atoms with Crippen LogP contribution >= 0.6 is 22.9 Å². The van der Waals surface area contributed by atoms with Crippen LogP contribution in [-0.4, -0.2) is 30.2 Å². The van der Waals surface area contributed by atoms with Gasteiger partial charge in [0.25, 0.3) is 0 Å². The number of carbonyl (C=O) groups is 2. The number of rotatable bonds is 3. The Morgan fingerprint density at radius 2 is 2.19 bits per heavy atom.